The molecule has 5 heteroatoms. The molecule has 1 aromatic carbocycles. The lowest BCUT2D eigenvalue weighted by Crippen LogP contribution is -2.25. The first-order valence-electron chi connectivity index (χ1n) is 5.70. The maximum atomic E-state index is 11.4. The molecule has 0 radical (unpaired) electrons. The Morgan fingerprint density at radius 1 is 1.39 bits per heavy atom. The molecule has 94 valence electrons. The predicted octanol–water partition coefficient (Wildman–Crippen LogP) is 2.42. The Labute approximate surface area is 110 Å². The van der Waals surface area contributed by atoms with Gasteiger partial charge in [-0.15, -0.1) is 11.3 Å². The zero-order valence-electron chi connectivity index (χ0n) is 10.1. The number of rotatable bonds is 5. The Balaban J connectivity index is 2.00. The van der Waals surface area contributed by atoms with Crippen LogP contribution in [0.1, 0.15) is 12.6 Å². The van der Waals surface area contributed by atoms with Gasteiger partial charge in [0.05, 0.1) is 18.7 Å². The number of hydrogen-bond donors (Lipinski definition) is 1. The van der Waals surface area contributed by atoms with Crippen LogP contribution in [-0.2, 0) is 16.1 Å². The Morgan fingerprint density at radius 3 is 2.89 bits per heavy atom. The second kappa shape index (κ2) is 6.28. The van der Waals surface area contributed by atoms with E-state index in [9.17, 15) is 4.79 Å². The van der Waals surface area contributed by atoms with Crippen molar-refractivity contribution >= 4 is 17.2 Å². The molecule has 2 rings (SSSR count). The molecular formula is C13H14N2O2S. The van der Waals surface area contributed by atoms with Crippen LogP contribution in [0.25, 0.3) is 10.6 Å². The zero-order chi connectivity index (χ0) is 12.8. The van der Waals surface area contributed by atoms with Crippen LogP contribution in [0.3, 0.4) is 0 Å². The van der Waals surface area contributed by atoms with Crippen LogP contribution in [-0.4, -0.2) is 17.5 Å². The molecule has 1 heterocycles. The van der Waals surface area contributed by atoms with E-state index in [-0.39, 0.29) is 12.3 Å². The van der Waals surface area contributed by atoms with Gasteiger partial charge in [0.25, 0.3) is 0 Å². The maximum Gasteiger partial charge on any atom is 0.249 e. The van der Waals surface area contributed by atoms with Gasteiger partial charge >= 0.3 is 0 Å². The zero-order valence-corrected chi connectivity index (χ0v) is 10.9. The summed E-state index contributed by atoms with van der Waals surface area (Å²) in [5.74, 6) is -0.179. The number of carbonyl (C=O) groups excluding carboxylic acids is 1. The van der Waals surface area contributed by atoms with Crippen molar-refractivity contribution in [2.24, 2.45) is 0 Å². The third-order valence-corrected chi connectivity index (χ3v) is 3.18. The van der Waals surface area contributed by atoms with Crippen molar-refractivity contribution in [1.82, 2.24) is 10.5 Å². The summed E-state index contributed by atoms with van der Waals surface area (Å²) in [6, 6.07) is 9.91. The van der Waals surface area contributed by atoms with E-state index in [1.54, 1.807) is 0 Å². The van der Waals surface area contributed by atoms with Gasteiger partial charge in [0.2, 0.25) is 5.91 Å². The summed E-state index contributed by atoms with van der Waals surface area (Å²) in [5.41, 5.74) is 4.18. The fourth-order valence-electron chi connectivity index (χ4n) is 1.45. The molecule has 0 saturated carbocycles. The molecule has 0 aliphatic rings. The Bertz CT molecular complexity index is 511. The third-order valence-electron chi connectivity index (χ3n) is 2.24. The SMILES string of the molecule is CCONC(=O)Cc1csc(-c2ccccc2)n1. The molecule has 0 aliphatic carbocycles. The summed E-state index contributed by atoms with van der Waals surface area (Å²) >= 11 is 1.54. The second-order valence-corrected chi connectivity index (χ2v) is 4.50. The smallest absolute Gasteiger partial charge is 0.249 e. The number of amides is 1. The monoisotopic (exact) mass is 262 g/mol. The minimum Gasteiger partial charge on any atom is -0.274 e. The quantitative estimate of drug-likeness (QED) is 0.842. The molecule has 0 spiro atoms. The number of hydrogen-bond acceptors (Lipinski definition) is 4. The van der Waals surface area contributed by atoms with Gasteiger partial charge in [0.1, 0.15) is 5.01 Å². The molecule has 1 aromatic heterocycles. The van der Waals surface area contributed by atoms with Crippen LogP contribution >= 0.6 is 11.3 Å². The summed E-state index contributed by atoms with van der Waals surface area (Å²) in [5, 5.41) is 2.82. The molecule has 0 aliphatic heterocycles. The van der Waals surface area contributed by atoms with E-state index >= 15 is 0 Å². The largest absolute Gasteiger partial charge is 0.274 e. The highest BCUT2D eigenvalue weighted by molar-refractivity contribution is 7.13. The van der Waals surface area contributed by atoms with Crippen molar-refractivity contribution in [2.75, 3.05) is 6.61 Å². The lowest BCUT2D eigenvalue weighted by Gasteiger charge is -2.01. The maximum absolute atomic E-state index is 11.4. The van der Waals surface area contributed by atoms with E-state index in [4.69, 9.17) is 4.84 Å². The van der Waals surface area contributed by atoms with Crippen molar-refractivity contribution in [3.8, 4) is 10.6 Å². The molecule has 0 atom stereocenters. The van der Waals surface area contributed by atoms with Crippen molar-refractivity contribution in [1.29, 1.82) is 0 Å². The average molecular weight is 262 g/mol. The van der Waals surface area contributed by atoms with E-state index in [1.807, 2.05) is 42.6 Å². The highest BCUT2D eigenvalue weighted by Crippen LogP contribution is 2.23. The minimum absolute atomic E-state index is 0.179. The van der Waals surface area contributed by atoms with Gasteiger partial charge < -0.3 is 0 Å². The molecule has 4 nitrogen and oxygen atoms in total. The Kier molecular flexibility index (Phi) is 4.44. The molecule has 18 heavy (non-hydrogen) atoms. The van der Waals surface area contributed by atoms with Gasteiger partial charge in [-0.3, -0.25) is 9.63 Å². The van der Waals surface area contributed by atoms with Gasteiger partial charge in [0, 0.05) is 10.9 Å². The topological polar surface area (TPSA) is 51.2 Å². The number of carbonyl (C=O) groups is 1. The van der Waals surface area contributed by atoms with Gasteiger partial charge in [-0.25, -0.2) is 10.5 Å². The first-order valence-corrected chi connectivity index (χ1v) is 6.58. The van der Waals surface area contributed by atoms with E-state index in [0.29, 0.717) is 6.61 Å². The molecule has 1 amide bonds. The lowest BCUT2D eigenvalue weighted by atomic mass is 10.2. The summed E-state index contributed by atoms with van der Waals surface area (Å²) in [7, 11) is 0. The fraction of sp³-hybridized carbons (Fsp3) is 0.231. The predicted molar refractivity (Wildman–Crippen MR) is 71.0 cm³/mol. The van der Waals surface area contributed by atoms with E-state index in [0.717, 1.165) is 16.3 Å². The fourth-order valence-corrected chi connectivity index (χ4v) is 2.28. The number of hydroxylamine groups is 1. The Morgan fingerprint density at radius 2 is 2.17 bits per heavy atom. The Hall–Kier alpha value is -1.72. The minimum atomic E-state index is -0.179. The molecule has 0 unspecified atom stereocenters. The van der Waals surface area contributed by atoms with Crippen molar-refractivity contribution in [2.45, 2.75) is 13.3 Å². The molecule has 0 fully saturated rings. The van der Waals surface area contributed by atoms with Crippen molar-refractivity contribution < 1.29 is 9.63 Å². The first-order chi connectivity index (χ1) is 8.79. The molecule has 0 saturated heterocycles. The average Bonchev–Trinajstić information content (AvgIpc) is 2.86. The molecule has 0 bridgehead atoms. The third kappa shape index (κ3) is 3.38. The second-order valence-electron chi connectivity index (χ2n) is 3.65. The van der Waals surface area contributed by atoms with Crippen LogP contribution in [0, 0.1) is 0 Å². The van der Waals surface area contributed by atoms with Gasteiger partial charge in [-0.1, -0.05) is 30.3 Å². The van der Waals surface area contributed by atoms with Gasteiger partial charge in [-0.2, -0.15) is 0 Å². The van der Waals surface area contributed by atoms with Crippen molar-refractivity contribution in [3.63, 3.8) is 0 Å². The molecule has 2 aromatic rings. The summed E-state index contributed by atoms with van der Waals surface area (Å²) < 4.78 is 0. The normalized spacial score (nSPS) is 10.3. The van der Waals surface area contributed by atoms with Gasteiger partial charge in [0.15, 0.2) is 0 Å². The number of thiazole rings is 1. The van der Waals surface area contributed by atoms with Crippen LogP contribution in [0.4, 0.5) is 0 Å². The summed E-state index contributed by atoms with van der Waals surface area (Å²) in [6.45, 7) is 2.27. The van der Waals surface area contributed by atoms with Crippen LogP contribution in [0.15, 0.2) is 35.7 Å². The molecule has 1 N–H and O–H groups in total. The van der Waals surface area contributed by atoms with E-state index in [2.05, 4.69) is 10.5 Å². The van der Waals surface area contributed by atoms with Crippen LogP contribution < -0.4 is 5.48 Å². The summed E-state index contributed by atoms with van der Waals surface area (Å²) in [6.07, 6.45) is 0.239. The van der Waals surface area contributed by atoms with Crippen LogP contribution in [0.2, 0.25) is 0 Å². The lowest BCUT2D eigenvalue weighted by molar-refractivity contribution is -0.132. The number of benzene rings is 1. The number of nitrogens with one attached hydrogen (secondary N) is 1. The standard InChI is InChI=1S/C13H14N2O2S/c1-2-17-15-12(16)8-11-9-18-13(14-11)10-6-4-3-5-7-10/h3-7,9H,2,8H2,1H3,(H,15,16). The van der Waals surface area contributed by atoms with Crippen LogP contribution in [0.5, 0.6) is 0 Å². The number of aromatic nitrogens is 1. The highest BCUT2D eigenvalue weighted by Gasteiger charge is 2.08. The van der Waals surface area contributed by atoms with E-state index in [1.165, 1.54) is 11.3 Å². The van der Waals surface area contributed by atoms with Gasteiger partial charge in [-0.05, 0) is 6.92 Å². The molecular weight excluding hydrogens is 248 g/mol. The van der Waals surface area contributed by atoms with Crippen molar-refractivity contribution in [3.05, 3.63) is 41.4 Å². The highest BCUT2D eigenvalue weighted by atomic mass is 32.1. The number of nitrogens with zero attached hydrogens (tertiary/aromatic N) is 1. The first kappa shape index (κ1) is 12.7. The van der Waals surface area contributed by atoms with E-state index < -0.39 is 0 Å². The summed E-state index contributed by atoms with van der Waals surface area (Å²) in [4.78, 5) is 20.7.